The van der Waals surface area contributed by atoms with Gasteiger partial charge in [-0.3, -0.25) is 9.69 Å². The molecule has 162 valence electrons. The number of benzene rings is 1. The first-order valence-electron chi connectivity index (χ1n) is 9.62. The SMILES string of the molecule is Cn1cccc1CN1C[C@@H]2CN(C(=O)c3ccccc3)C[C@@H]2C1.O=C(O)C(F)(F)F. The fourth-order valence-corrected chi connectivity index (χ4v) is 4.04. The number of nitrogens with zero attached hydrogens (tertiary/aromatic N) is 3. The standard InChI is InChI=1S/C19H23N3O.C2HF3O2/c1-20-9-5-8-18(20)14-21-10-16-12-22(13-17(16)11-21)19(23)15-6-3-2-4-7-15;3-2(4,5)1(6)7/h2-9,16-17H,10-14H2,1H3;(H,6,7)/t16-,17+;. The minimum absolute atomic E-state index is 0.189. The molecular formula is C21H24F3N3O3. The molecule has 1 aromatic carbocycles. The van der Waals surface area contributed by atoms with E-state index >= 15 is 0 Å². The molecule has 0 unspecified atom stereocenters. The maximum atomic E-state index is 12.6. The predicted octanol–water partition coefficient (Wildman–Crippen LogP) is 2.86. The van der Waals surface area contributed by atoms with Crippen molar-refractivity contribution < 1.29 is 27.9 Å². The number of aromatic nitrogens is 1. The maximum absolute atomic E-state index is 12.6. The third-order valence-corrected chi connectivity index (χ3v) is 5.55. The number of carboxylic acids is 1. The zero-order chi connectivity index (χ0) is 21.9. The summed E-state index contributed by atoms with van der Waals surface area (Å²) in [6, 6.07) is 14.0. The smallest absolute Gasteiger partial charge is 0.475 e. The van der Waals surface area contributed by atoms with Crippen LogP contribution in [0.4, 0.5) is 13.2 Å². The van der Waals surface area contributed by atoms with E-state index in [1.54, 1.807) is 0 Å². The number of rotatable bonds is 3. The van der Waals surface area contributed by atoms with E-state index in [1.165, 1.54) is 5.69 Å². The number of fused-ring (bicyclic) bond motifs is 1. The third-order valence-electron chi connectivity index (χ3n) is 5.55. The first kappa shape index (κ1) is 21.9. The summed E-state index contributed by atoms with van der Waals surface area (Å²) in [5.74, 6) is -1.31. The van der Waals surface area contributed by atoms with Crippen molar-refractivity contribution in [2.45, 2.75) is 12.7 Å². The van der Waals surface area contributed by atoms with Gasteiger partial charge >= 0.3 is 12.1 Å². The van der Waals surface area contributed by atoms with Crippen LogP contribution in [-0.4, -0.2) is 63.7 Å². The van der Waals surface area contributed by atoms with E-state index in [0.717, 1.165) is 38.3 Å². The number of carboxylic acid groups (broad SMARTS) is 1. The van der Waals surface area contributed by atoms with Crippen LogP contribution in [0.15, 0.2) is 48.7 Å². The number of hydrogen-bond acceptors (Lipinski definition) is 3. The molecule has 2 aromatic rings. The van der Waals surface area contributed by atoms with Gasteiger partial charge < -0.3 is 14.6 Å². The molecule has 1 N–H and O–H groups in total. The number of amides is 1. The lowest BCUT2D eigenvalue weighted by molar-refractivity contribution is -0.192. The summed E-state index contributed by atoms with van der Waals surface area (Å²) in [5, 5.41) is 7.12. The van der Waals surface area contributed by atoms with Gasteiger partial charge in [0.15, 0.2) is 0 Å². The third kappa shape index (κ3) is 5.21. The zero-order valence-corrected chi connectivity index (χ0v) is 16.5. The second kappa shape index (κ2) is 8.91. The Kier molecular flexibility index (Phi) is 6.50. The van der Waals surface area contributed by atoms with Crippen molar-refractivity contribution in [2.24, 2.45) is 18.9 Å². The fourth-order valence-electron chi connectivity index (χ4n) is 4.04. The van der Waals surface area contributed by atoms with Gasteiger partial charge in [-0.2, -0.15) is 13.2 Å². The molecule has 1 amide bonds. The molecule has 0 radical (unpaired) electrons. The Morgan fingerprint density at radius 2 is 1.57 bits per heavy atom. The lowest BCUT2D eigenvalue weighted by atomic mass is 10.0. The summed E-state index contributed by atoms with van der Waals surface area (Å²) in [4.78, 5) is 26.0. The van der Waals surface area contributed by atoms with Crippen molar-refractivity contribution in [1.29, 1.82) is 0 Å². The molecule has 1 aromatic heterocycles. The zero-order valence-electron chi connectivity index (χ0n) is 16.5. The monoisotopic (exact) mass is 423 g/mol. The predicted molar refractivity (Wildman–Crippen MR) is 104 cm³/mol. The van der Waals surface area contributed by atoms with Gasteiger partial charge in [0, 0.05) is 57.2 Å². The number of aryl methyl sites for hydroxylation is 1. The molecule has 2 fully saturated rings. The van der Waals surface area contributed by atoms with Crippen molar-refractivity contribution in [1.82, 2.24) is 14.4 Å². The van der Waals surface area contributed by atoms with E-state index in [2.05, 4.69) is 34.8 Å². The van der Waals surface area contributed by atoms with Crippen LogP contribution in [0.5, 0.6) is 0 Å². The molecule has 0 saturated carbocycles. The van der Waals surface area contributed by atoms with Crippen molar-refractivity contribution in [3.63, 3.8) is 0 Å². The Bertz CT molecular complexity index is 868. The normalized spacial score (nSPS) is 21.1. The quantitative estimate of drug-likeness (QED) is 0.825. The fraction of sp³-hybridized carbons (Fsp3) is 0.429. The Morgan fingerprint density at radius 3 is 2.03 bits per heavy atom. The second-order valence-electron chi connectivity index (χ2n) is 7.70. The lowest BCUT2D eigenvalue weighted by Crippen LogP contribution is -2.33. The number of carbonyl (C=O) groups is 2. The van der Waals surface area contributed by atoms with Crippen LogP contribution in [0.2, 0.25) is 0 Å². The summed E-state index contributed by atoms with van der Waals surface area (Å²) in [6.45, 7) is 5.04. The van der Waals surface area contributed by atoms with E-state index in [1.807, 2.05) is 35.2 Å². The van der Waals surface area contributed by atoms with Crippen molar-refractivity contribution in [3.05, 3.63) is 59.9 Å². The van der Waals surface area contributed by atoms with Crippen LogP contribution in [0, 0.1) is 11.8 Å². The molecule has 2 aliphatic heterocycles. The number of halogens is 3. The van der Waals surface area contributed by atoms with Crippen molar-refractivity contribution in [3.8, 4) is 0 Å². The Hall–Kier alpha value is -2.81. The molecular weight excluding hydrogens is 399 g/mol. The topological polar surface area (TPSA) is 65.8 Å². The highest BCUT2D eigenvalue weighted by Gasteiger charge is 2.41. The van der Waals surface area contributed by atoms with Crippen LogP contribution >= 0.6 is 0 Å². The minimum atomic E-state index is -5.08. The second-order valence-corrected chi connectivity index (χ2v) is 7.70. The largest absolute Gasteiger partial charge is 0.490 e. The van der Waals surface area contributed by atoms with Crippen LogP contribution in [0.25, 0.3) is 0 Å². The molecule has 2 saturated heterocycles. The highest BCUT2D eigenvalue weighted by atomic mass is 19.4. The van der Waals surface area contributed by atoms with Crippen molar-refractivity contribution >= 4 is 11.9 Å². The lowest BCUT2D eigenvalue weighted by Gasteiger charge is -2.22. The minimum Gasteiger partial charge on any atom is -0.475 e. The average molecular weight is 423 g/mol. The van der Waals surface area contributed by atoms with Crippen LogP contribution in [-0.2, 0) is 18.4 Å². The van der Waals surface area contributed by atoms with Gasteiger partial charge in [0.1, 0.15) is 0 Å². The van der Waals surface area contributed by atoms with Crippen molar-refractivity contribution in [2.75, 3.05) is 26.2 Å². The Morgan fingerprint density at radius 1 is 1.00 bits per heavy atom. The van der Waals surface area contributed by atoms with Crippen LogP contribution in [0.3, 0.4) is 0 Å². The summed E-state index contributed by atoms with van der Waals surface area (Å²) in [6.07, 6.45) is -2.98. The molecule has 0 aliphatic carbocycles. The first-order chi connectivity index (χ1) is 14.1. The molecule has 30 heavy (non-hydrogen) atoms. The van der Waals surface area contributed by atoms with Gasteiger partial charge in [0.25, 0.3) is 5.91 Å². The van der Waals surface area contributed by atoms with Crippen LogP contribution in [0.1, 0.15) is 16.1 Å². The average Bonchev–Trinajstić information content (AvgIpc) is 3.37. The van der Waals surface area contributed by atoms with Gasteiger partial charge in [-0.1, -0.05) is 18.2 Å². The molecule has 0 spiro atoms. The van der Waals surface area contributed by atoms with E-state index in [-0.39, 0.29) is 5.91 Å². The molecule has 2 aliphatic rings. The van der Waals surface area contributed by atoms with Gasteiger partial charge in [0.2, 0.25) is 0 Å². The number of carbonyl (C=O) groups excluding carboxylic acids is 1. The Balaban J connectivity index is 0.000000318. The summed E-state index contributed by atoms with van der Waals surface area (Å²) >= 11 is 0. The highest BCUT2D eigenvalue weighted by Crippen LogP contribution is 2.32. The molecule has 4 rings (SSSR count). The summed E-state index contributed by atoms with van der Waals surface area (Å²) < 4.78 is 33.9. The van der Waals surface area contributed by atoms with Crippen LogP contribution < -0.4 is 0 Å². The van der Waals surface area contributed by atoms with Gasteiger partial charge in [-0.05, 0) is 36.1 Å². The molecule has 9 heteroatoms. The maximum Gasteiger partial charge on any atom is 0.490 e. The van der Waals surface area contributed by atoms with E-state index in [0.29, 0.717) is 11.8 Å². The van der Waals surface area contributed by atoms with E-state index in [9.17, 15) is 18.0 Å². The number of aliphatic carboxylic acids is 1. The highest BCUT2D eigenvalue weighted by molar-refractivity contribution is 5.94. The first-order valence-corrected chi connectivity index (χ1v) is 9.62. The number of hydrogen-bond donors (Lipinski definition) is 1. The Labute approximate surface area is 172 Å². The van der Waals surface area contributed by atoms with Gasteiger partial charge in [-0.15, -0.1) is 0 Å². The summed E-state index contributed by atoms with van der Waals surface area (Å²) in [7, 11) is 2.10. The van der Waals surface area contributed by atoms with Gasteiger partial charge in [0.05, 0.1) is 0 Å². The van der Waals surface area contributed by atoms with E-state index < -0.39 is 12.1 Å². The number of alkyl halides is 3. The van der Waals surface area contributed by atoms with Gasteiger partial charge in [-0.25, -0.2) is 4.79 Å². The van der Waals surface area contributed by atoms with E-state index in [4.69, 9.17) is 9.90 Å². The molecule has 2 atom stereocenters. The molecule has 3 heterocycles. The summed E-state index contributed by atoms with van der Waals surface area (Å²) in [5.41, 5.74) is 2.18. The molecule has 6 nitrogen and oxygen atoms in total. The number of likely N-dealkylation sites (tertiary alicyclic amines) is 2. The molecule has 0 bridgehead atoms.